The third-order valence-electron chi connectivity index (χ3n) is 4.20. The minimum Gasteiger partial charge on any atom is -0.299 e. The summed E-state index contributed by atoms with van der Waals surface area (Å²) in [6, 6.07) is 6.85. The molecule has 0 aliphatic heterocycles. The van der Waals surface area contributed by atoms with Gasteiger partial charge in [0, 0.05) is 12.3 Å². The van der Waals surface area contributed by atoms with Crippen molar-refractivity contribution in [1.82, 2.24) is 0 Å². The Hall–Kier alpha value is -1.18. The maximum Gasteiger partial charge on any atom is 0.135 e. The van der Waals surface area contributed by atoms with Gasteiger partial charge in [-0.25, -0.2) is 4.39 Å². The second-order valence-electron chi connectivity index (χ2n) is 6.58. The van der Waals surface area contributed by atoms with Crippen molar-refractivity contribution in [2.45, 2.75) is 78.1 Å². The number of hydrogen-bond acceptors (Lipinski definition) is 1. The highest BCUT2D eigenvalue weighted by atomic mass is 19.1. The molecule has 0 aliphatic carbocycles. The highest BCUT2D eigenvalue weighted by Crippen LogP contribution is 2.13. The van der Waals surface area contributed by atoms with E-state index in [2.05, 4.69) is 0 Å². The Morgan fingerprint density at radius 1 is 0.864 bits per heavy atom. The first kappa shape index (κ1) is 18.9. The second-order valence-corrected chi connectivity index (χ2v) is 6.58. The standard InChI is InChI=1S/C20H31FO/c1-17(2)20(22)12-10-8-6-4-3-5-7-9-11-18-13-15-19(21)16-14-18/h13-17H,3-12H2,1-2H3. The molecule has 1 aromatic carbocycles. The lowest BCUT2D eigenvalue weighted by Gasteiger charge is -2.04. The Labute approximate surface area is 135 Å². The molecule has 2 heteroatoms. The van der Waals surface area contributed by atoms with E-state index in [1.54, 1.807) is 12.1 Å². The molecule has 0 aliphatic rings. The average Bonchev–Trinajstić information content (AvgIpc) is 2.50. The minimum atomic E-state index is -0.154. The predicted molar refractivity (Wildman–Crippen MR) is 91.5 cm³/mol. The van der Waals surface area contributed by atoms with E-state index >= 15 is 0 Å². The van der Waals surface area contributed by atoms with E-state index in [4.69, 9.17) is 0 Å². The molecule has 0 radical (unpaired) electrons. The van der Waals surface area contributed by atoms with E-state index in [0.29, 0.717) is 5.78 Å². The van der Waals surface area contributed by atoms with Crippen LogP contribution in [0, 0.1) is 11.7 Å². The molecule has 0 amide bonds. The molecule has 0 saturated heterocycles. The number of aryl methyl sites for hydroxylation is 1. The Bertz CT molecular complexity index is 408. The molecule has 0 bridgehead atoms. The number of carbonyl (C=O) groups excluding carboxylic acids is 1. The number of ketones is 1. The molecule has 22 heavy (non-hydrogen) atoms. The van der Waals surface area contributed by atoms with Crippen molar-refractivity contribution in [1.29, 1.82) is 0 Å². The highest BCUT2D eigenvalue weighted by molar-refractivity contribution is 5.80. The molecular weight excluding hydrogens is 275 g/mol. The fraction of sp³-hybridized carbons (Fsp3) is 0.650. The Morgan fingerprint density at radius 2 is 1.36 bits per heavy atom. The summed E-state index contributed by atoms with van der Waals surface area (Å²) in [6.45, 7) is 3.96. The zero-order valence-corrected chi connectivity index (χ0v) is 14.2. The molecule has 1 aromatic rings. The van der Waals surface area contributed by atoms with Crippen LogP contribution in [0.5, 0.6) is 0 Å². The Kier molecular flexibility index (Phi) is 9.77. The number of rotatable bonds is 12. The molecule has 124 valence electrons. The highest BCUT2D eigenvalue weighted by Gasteiger charge is 2.05. The summed E-state index contributed by atoms with van der Waals surface area (Å²) in [5.41, 5.74) is 1.23. The van der Waals surface area contributed by atoms with Crippen LogP contribution in [0.15, 0.2) is 24.3 Å². The van der Waals surface area contributed by atoms with E-state index < -0.39 is 0 Å². The summed E-state index contributed by atoms with van der Waals surface area (Å²) in [4.78, 5) is 11.5. The number of carbonyl (C=O) groups is 1. The summed E-state index contributed by atoms with van der Waals surface area (Å²) in [6.07, 6.45) is 11.6. The Morgan fingerprint density at radius 3 is 1.91 bits per heavy atom. The molecule has 1 nitrogen and oxygen atoms in total. The SMILES string of the molecule is CC(C)C(=O)CCCCCCCCCCc1ccc(F)cc1. The van der Waals surface area contributed by atoms with Gasteiger partial charge in [-0.3, -0.25) is 4.79 Å². The first-order valence-electron chi connectivity index (χ1n) is 8.86. The first-order valence-corrected chi connectivity index (χ1v) is 8.86. The topological polar surface area (TPSA) is 17.1 Å². The summed E-state index contributed by atoms with van der Waals surface area (Å²) in [7, 11) is 0. The monoisotopic (exact) mass is 306 g/mol. The van der Waals surface area contributed by atoms with Gasteiger partial charge in [-0.05, 0) is 37.0 Å². The van der Waals surface area contributed by atoms with Gasteiger partial charge in [-0.2, -0.15) is 0 Å². The smallest absolute Gasteiger partial charge is 0.135 e. The van der Waals surface area contributed by atoms with Crippen molar-refractivity contribution in [3.63, 3.8) is 0 Å². The van der Waals surface area contributed by atoms with Crippen LogP contribution in [0.3, 0.4) is 0 Å². The molecule has 0 aromatic heterocycles. The van der Waals surface area contributed by atoms with Gasteiger partial charge in [-0.15, -0.1) is 0 Å². The third kappa shape index (κ3) is 8.96. The molecule has 0 fully saturated rings. The van der Waals surface area contributed by atoms with Gasteiger partial charge in [0.15, 0.2) is 0 Å². The zero-order chi connectivity index (χ0) is 16.2. The molecule has 0 atom stereocenters. The van der Waals surface area contributed by atoms with Gasteiger partial charge < -0.3 is 0 Å². The van der Waals surface area contributed by atoms with Gasteiger partial charge >= 0.3 is 0 Å². The van der Waals surface area contributed by atoms with E-state index in [1.165, 1.54) is 50.5 Å². The van der Waals surface area contributed by atoms with Crippen LogP contribution in [0.4, 0.5) is 4.39 Å². The van der Waals surface area contributed by atoms with Crippen LogP contribution < -0.4 is 0 Å². The van der Waals surface area contributed by atoms with Crippen LogP contribution in [-0.2, 0) is 11.2 Å². The van der Waals surface area contributed by atoms with E-state index in [0.717, 1.165) is 19.3 Å². The van der Waals surface area contributed by atoms with Crippen LogP contribution in [0.25, 0.3) is 0 Å². The van der Waals surface area contributed by atoms with Crippen molar-refractivity contribution in [3.8, 4) is 0 Å². The molecule has 0 saturated carbocycles. The number of unbranched alkanes of at least 4 members (excludes halogenated alkanes) is 7. The number of Topliss-reactive ketones (excluding diaryl/α,β-unsaturated/α-hetero) is 1. The lowest BCUT2D eigenvalue weighted by molar-refractivity contribution is -0.122. The molecule has 0 N–H and O–H groups in total. The van der Waals surface area contributed by atoms with Crippen molar-refractivity contribution in [3.05, 3.63) is 35.6 Å². The maximum atomic E-state index is 12.8. The van der Waals surface area contributed by atoms with Crippen molar-refractivity contribution >= 4 is 5.78 Å². The van der Waals surface area contributed by atoms with Crippen molar-refractivity contribution in [2.75, 3.05) is 0 Å². The van der Waals surface area contributed by atoms with E-state index in [1.807, 2.05) is 26.0 Å². The summed E-state index contributed by atoms with van der Waals surface area (Å²) in [5.74, 6) is 0.445. The first-order chi connectivity index (χ1) is 10.6. The van der Waals surface area contributed by atoms with Crippen molar-refractivity contribution in [2.24, 2.45) is 5.92 Å². The van der Waals surface area contributed by atoms with Crippen LogP contribution in [-0.4, -0.2) is 5.78 Å². The quantitative estimate of drug-likeness (QED) is 0.426. The fourth-order valence-corrected chi connectivity index (χ4v) is 2.63. The second kappa shape index (κ2) is 11.4. The van der Waals surface area contributed by atoms with Gasteiger partial charge in [0.05, 0.1) is 0 Å². The normalized spacial score (nSPS) is 11.1. The zero-order valence-electron chi connectivity index (χ0n) is 14.2. The van der Waals surface area contributed by atoms with Gasteiger partial charge in [0.2, 0.25) is 0 Å². The maximum absolute atomic E-state index is 12.8. The number of hydrogen-bond donors (Lipinski definition) is 0. The minimum absolute atomic E-state index is 0.154. The lowest BCUT2D eigenvalue weighted by atomic mass is 10.0. The molecule has 0 heterocycles. The van der Waals surface area contributed by atoms with Crippen LogP contribution in [0.1, 0.15) is 77.2 Å². The Balaban J connectivity index is 1.87. The molecule has 1 rings (SSSR count). The lowest BCUT2D eigenvalue weighted by Crippen LogP contribution is -2.05. The summed E-state index contributed by atoms with van der Waals surface area (Å²) >= 11 is 0. The summed E-state index contributed by atoms with van der Waals surface area (Å²) in [5, 5.41) is 0. The largest absolute Gasteiger partial charge is 0.299 e. The molecular formula is C20H31FO. The summed E-state index contributed by atoms with van der Waals surface area (Å²) < 4.78 is 12.8. The van der Waals surface area contributed by atoms with Crippen LogP contribution >= 0.6 is 0 Å². The van der Waals surface area contributed by atoms with Gasteiger partial charge in [-0.1, -0.05) is 64.5 Å². The average molecular weight is 306 g/mol. The molecule has 0 spiro atoms. The van der Waals surface area contributed by atoms with Crippen LogP contribution in [0.2, 0.25) is 0 Å². The third-order valence-corrected chi connectivity index (χ3v) is 4.20. The number of benzene rings is 1. The number of halogens is 1. The fourth-order valence-electron chi connectivity index (χ4n) is 2.63. The van der Waals surface area contributed by atoms with E-state index in [-0.39, 0.29) is 11.7 Å². The van der Waals surface area contributed by atoms with Gasteiger partial charge in [0.1, 0.15) is 11.6 Å². The van der Waals surface area contributed by atoms with E-state index in [9.17, 15) is 9.18 Å². The van der Waals surface area contributed by atoms with Gasteiger partial charge in [0.25, 0.3) is 0 Å². The van der Waals surface area contributed by atoms with Crippen molar-refractivity contribution < 1.29 is 9.18 Å². The predicted octanol–water partition coefficient (Wildman–Crippen LogP) is 6.10. The molecule has 0 unspecified atom stereocenters.